The van der Waals surface area contributed by atoms with Crippen molar-refractivity contribution in [3.05, 3.63) is 47.5 Å². The number of hydrogen-bond acceptors (Lipinski definition) is 2. The van der Waals surface area contributed by atoms with E-state index in [1.54, 1.807) is 0 Å². The zero-order valence-corrected chi connectivity index (χ0v) is 15.9. The second-order valence-electron chi connectivity index (χ2n) is 7.69. The van der Waals surface area contributed by atoms with E-state index in [1.807, 2.05) is 0 Å². The summed E-state index contributed by atoms with van der Waals surface area (Å²) in [6, 6.07) is 9.31. The van der Waals surface area contributed by atoms with E-state index in [0.29, 0.717) is 5.92 Å². The van der Waals surface area contributed by atoms with Crippen molar-refractivity contribution in [1.82, 2.24) is 0 Å². The summed E-state index contributed by atoms with van der Waals surface area (Å²) in [5, 5.41) is 18.4. The van der Waals surface area contributed by atoms with E-state index in [1.165, 1.54) is 43.2 Å². The summed E-state index contributed by atoms with van der Waals surface area (Å²) in [7, 11) is 0. The molecule has 1 saturated carbocycles. The van der Waals surface area contributed by atoms with Gasteiger partial charge in [0.05, 0.1) is 0 Å². The molecule has 1 aliphatic carbocycles. The van der Waals surface area contributed by atoms with Crippen LogP contribution >= 0.6 is 0 Å². The first-order valence-corrected chi connectivity index (χ1v) is 10.2. The van der Waals surface area contributed by atoms with Crippen LogP contribution in [0.2, 0.25) is 0 Å². The topological polar surface area (TPSA) is 40.5 Å². The summed E-state index contributed by atoms with van der Waals surface area (Å²) in [6.45, 7) is 2.58. The molecule has 140 valence electrons. The number of aryl methyl sites for hydroxylation is 1. The quantitative estimate of drug-likeness (QED) is 0.570. The lowest BCUT2D eigenvalue weighted by molar-refractivity contribution is 0.181. The first-order valence-electron chi connectivity index (χ1n) is 10.2. The van der Waals surface area contributed by atoms with Crippen molar-refractivity contribution in [1.29, 1.82) is 0 Å². The van der Waals surface area contributed by atoms with Crippen LogP contribution < -0.4 is 0 Å². The molecule has 0 unspecified atom stereocenters. The molecule has 0 aliphatic heterocycles. The molecule has 2 N–H and O–H groups in total. The number of hydrogen-bond donors (Lipinski definition) is 2. The molecule has 1 aromatic rings. The number of allylic oxidation sites excluding steroid dienone is 2. The van der Waals surface area contributed by atoms with E-state index in [-0.39, 0.29) is 13.2 Å². The monoisotopic (exact) mass is 344 g/mol. The van der Waals surface area contributed by atoms with Crippen molar-refractivity contribution in [2.24, 2.45) is 11.8 Å². The average Bonchev–Trinajstić information content (AvgIpc) is 2.64. The summed E-state index contributed by atoms with van der Waals surface area (Å²) < 4.78 is 0. The standard InChI is InChI=1S/C23H36O2/c1-2-3-4-5-19-6-10-22(11-7-19)23-12-8-20(9-13-23)18-21(14-16-24)15-17-25/h2-3,6-7,10-11,20-21,23-25H,4-5,8-9,12-18H2,1H3/b3-2+. The summed E-state index contributed by atoms with van der Waals surface area (Å²) in [5.41, 5.74) is 2.95. The second-order valence-corrected chi connectivity index (χ2v) is 7.69. The minimum Gasteiger partial charge on any atom is -0.396 e. The van der Waals surface area contributed by atoms with Gasteiger partial charge in [-0.3, -0.25) is 0 Å². The molecule has 1 fully saturated rings. The largest absolute Gasteiger partial charge is 0.396 e. The minimum absolute atomic E-state index is 0.250. The van der Waals surface area contributed by atoms with Crippen LogP contribution in [-0.4, -0.2) is 23.4 Å². The van der Waals surface area contributed by atoms with E-state index in [4.69, 9.17) is 0 Å². The summed E-state index contributed by atoms with van der Waals surface area (Å²) in [5.74, 6) is 1.99. The lowest BCUT2D eigenvalue weighted by atomic mass is 9.75. The Hall–Kier alpha value is -1.12. The van der Waals surface area contributed by atoms with Crippen molar-refractivity contribution >= 4 is 0 Å². The Balaban J connectivity index is 1.79. The maximum atomic E-state index is 9.19. The Bertz CT molecular complexity index is 477. The van der Waals surface area contributed by atoms with Crippen LogP contribution in [-0.2, 0) is 6.42 Å². The van der Waals surface area contributed by atoms with Crippen LogP contribution in [0.3, 0.4) is 0 Å². The lowest BCUT2D eigenvalue weighted by Gasteiger charge is -2.31. The number of benzene rings is 1. The molecule has 0 bridgehead atoms. The van der Waals surface area contributed by atoms with E-state index in [9.17, 15) is 10.2 Å². The van der Waals surface area contributed by atoms with Crippen molar-refractivity contribution in [3.8, 4) is 0 Å². The fraction of sp³-hybridized carbons (Fsp3) is 0.652. The molecule has 0 aromatic heterocycles. The van der Waals surface area contributed by atoms with Gasteiger partial charge in [0.2, 0.25) is 0 Å². The van der Waals surface area contributed by atoms with Crippen molar-refractivity contribution < 1.29 is 10.2 Å². The van der Waals surface area contributed by atoms with Crippen LogP contribution in [0, 0.1) is 11.8 Å². The van der Waals surface area contributed by atoms with Gasteiger partial charge in [-0.25, -0.2) is 0 Å². The highest BCUT2D eigenvalue weighted by Crippen LogP contribution is 2.39. The van der Waals surface area contributed by atoms with Gasteiger partial charge in [0.25, 0.3) is 0 Å². The SMILES string of the molecule is C/C=C/CCc1ccc(C2CCC(CC(CCO)CCO)CC2)cc1. The molecule has 0 radical (unpaired) electrons. The second kappa shape index (κ2) is 11.5. The van der Waals surface area contributed by atoms with Crippen molar-refractivity contribution in [2.45, 2.75) is 70.6 Å². The van der Waals surface area contributed by atoms with Crippen LogP contribution in [0.15, 0.2) is 36.4 Å². The first kappa shape index (κ1) is 20.2. The third-order valence-electron chi connectivity index (χ3n) is 5.87. The minimum atomic E-state index is 0.250. The number of rotatable bonds is 10. The Labute approximate surface area is 154 Å². The Morgan fingerprint density at radius 3 is 2.20 bits per heavy atom. The number of aliphatic hydroxyl groups excluding tert-OH is 2. The Morgan fingerprint density at radius 2 is 1.64 bits per heavy atom. The molecule has 25 heavy (non-hydrogen) atoms. The zero-order valence-electron chi connectivity index (χ0n) is 15.9. The van der Waals surface area contributed by atoms with Gasteiger partial charge >= 0.3 is 0 Å². The first-order chi connectivity index (χ1) is 12.3. The highest BCUT2D eigenvalue weighted by Gasteiger charge is 2.24. The smallest absolute Gasteiger partial charge is 0.0433 e. The summed E-state index contributed by atoms with van der Waals surface area (Å²) in [6.07, 6.45) is 14.6. The molecular formula is C23H36O2. The van der Waals surface area contributed by atoms with Gasteiger partial charge < -0.3 is 10.2 Å². The van der Waals surface area contributed by atoms with Crippen LogP contribution in [0.4, 0.5) is 0 Å². The summed E-state index contributed by atoms with van der Waals surface area (Å²) in [4.78, 5) is 0. The molecule has 2 heteroatoms. The molecule has 0 amide bonds. The van der Waals surface area contributed by atoms with Gasteiger partial charge in [-0.15, -0.1) is 0 Å². The third kappa shape index (κ3) is 6.95. The van der Waals surface area contributed by atoms with Crippen LogP contribution in [0.25, 0.3) is 0 Å². The molecule has 0 heterocycles. The van der Waals surface area contributed by atoms with Gasteiger partial charge in [0.15, 0.2) is 0 Å². The highest BCUT2D eigenvalue weighted by molar-refractivity contribution is 5.26. The molecule has 0 saturated heterocycles. The maximum absolute atomic E-state index is 9.19. The average molecular weight is 345 g/mol. The van der Waals surface area contributed by atoms with Crippen LogP contribution in [0.5, 0.6) is 0 Å². The van der Waals surface area contributed by atoms with E-state index < -0.39 is 0 Å². The van der Waals surface area contributed by atoms with E-state index in [2.05, 4.69) is 43.3 Å². The Morgan fingerprint density at radius 1 is 1.00 bits per heavy atom. The van der Waals surface area contributed by atoms with Crippen molar-refractivity contribution in [3.63, 3.8) is 0 Å². The van der Waals surface area contributed by atoms with Gasteiger partial charge in [-0.05, 0) is 93.6 Å². The fourth-order valence-corrected chi connectivity index (χ4v) is 4.32. The fourth-order valence-electron chi connectivity index (χ4n) is 4.32. The molecular weight excluding hydrogens is 308 g/mol. The van der Waals surface area contributed by atoms with Gasteiger partial charge in [-0.2, -0.15) is 0 Å². The predicted molar refractivity (Wildman–Crippen MR) is 106 cm³/mol. The molecule has 1 aromatic carbocycles. The lowest BCUT2D eigenvalue weighted by Crippen LogP contribution is -2.18. The third-order valence-corrected chi connectivity index (χ3v) is 5.87. The van der Waals surface area contributed by atoms with Crippen molar-refractivity contribution in [2.75, 3.05) is 13.2 Å². The van der Waals surface area contributed by atoms with E-state index >= 15 is 0 Å². The number of aliphatic hydroxyl groups is 2. The zero-order chi connectivity index (χ0) is 17.9. The predicted octanol–water partition coefficient (Wildman–Crippen LogP) is 5.24. The summed E-state index contributed by atoms with van der Waals surface area (Å²) >= 11 is 0. The molecule has 0 spiro atoms. The van der Waals surface area contributed by atoms with E-state index in [0.717, 1.165) is 37.5 Å². The van der Waals surface area contributed by atoms with Gasteiger partial charge in [0, 0.05) is 13.2 Å². The van der Waals surface area contributed by atoms with Crippen LogP contribution in [0.1, 0.15) is 75.3 Å². The Kier molecular flexibility index (Phi) is 9.28. The van der Waals surface area contributed by atoms with Gasteiger partial charge in [0.1, 0.15) is 0 Å². The maximum Gasteiger partial charge on any atom is 0.0433 e. The molecule has 1 aliphatic rings. The van der Waals surface area contributed by atoms with Gasteiger partial charge in [-0.1, -0.05) is 36.4 Å². The molecule has 0 atom stereocenters. The highest BCUT2D eigenvalue weighted by atomic mass is 16.3. The normalized spacial score (nSPS) is 21.3. The molecule has 2 rings (SSSR count). The molecule has 2 nitrogen and oxygen atoms in total.